The Morgan fingerprint density at radius 2 is 1.71 bits per heavy atom. The molecule has 3 rings (SSSR count). The first-order valence-electron chi connectivity index (χ1n) is 9.67. The molecule has 0 saturated heterocycles. The fourth-order valence-electron chi connectivity index (χ4n) is 3.78. The van der Waals surface area contributed by atoms with Gasteiger partial charge >= 0.3 is 6.09 Å². The third kappa shape index (κ3) is 4.18. The predicted molar refractivity (Wildman–Crippen MR) is 118 cm³/mol. The van der Waals surface area contributed by atoms with Gasteiger partial charge in [0.15, 0.2) is 9.84 Å². The quantitative estimate of drug-likeness (QED) is 0.659. The van der Waals surface area contributed by atoms with Crippen LogP contribution >= 0.6 is 0 Å². The molecule has 0 bridgehead atoms. The highest BCUT2D eigenvalue weighted by Gasteiger charge is 2.35. The van der Waals surface area contributed by atoms with E-state index in [1.54, 1.807) is 64.1 Å². The van der Waals surface area contributed by atoms with Gasteiger partial charge in [0.05, 0.1) is 27.5 Å². The van der Waals surface area contributed by atoms with Gasteiger partial charge in [0, 0.05) is 11.8 Å². The summed E-state index contributed by atoms with van der Waals surface area (Å²) in [6, 6.07) is 12.3. The van der Waals surface area contributed by atoms with E-state index in [9.17, 15) is 23.1 Å². The van der Waals surface area contributed by atoms with Crippen LogP contribution in [0.2, 0.25) is 0 Å². The van der Waals surface area contributed by atoms with E-state index in [-0.39, 0.29) is 21.6 Å². The molecule has 9 heteroatoms. The summed E-state index contributed by atoms with van der Waals surface area (Å²) in [4.78, 5) is 31.4. The summed E-state index contributed by atoms with van der Waals surface area (Å²) >= 11 is 0. The Hall–Kier alpha value is -3.20. The first kappa shape index (κ1) is 22.5. The molecule has 164 valence electrons. The molecule has 0 fully saturated rings. The third-order valence-electron chi connectivity index (χ3n) is 4.99. The monoisotopic (exact) mass is 443 g/mol. The maximum absolute atomic E-state index is 13.7. The average molecular weight is 444 g/mol. The van der Waals surface area contributed by atoms with E-state index in [2.05, 4.69) is 4.98 Å². The highest BCUT2D eigenvalue weighted by molar-refractivity contribution is 7.91. The molecule has 31 heavy (non-hydrogen) atoms. The molecule has 3 aromatic rings. The van der Waals surface area contributed by atoms with Crippen molar-refractivity contribution in [2.75, 3.05) is 6.26 Å². The first-order valence-corrected chi connectivity index (χ1v) is 11.6. The summed E-state index contributed by atoms with van der Waals surface area (Å²) in [5.74, 6) is 0.201. The van der Waals surface area contributed by atoms with E-state index in [0.29, 0.717) is 5.69 Å². The molecule has 0 spiro atoms. The number of benzene rings is 2. The van der Waals surface area contributed by atoms with Crippen molar-refractivity contribution in [2.24, 2.45) is 0 Å². The molecule has 1 atom stereocenters. The molecule has 1 N–H and O–H groups in total. The molecule has 2 aromatic carbocycles. The molecular weight excluding hydrogens is 418 g/mol. The zero-order chi connectivity index (χ0) is 23.1. The number of amides is 1. The lowest BCUT2D eigenvalue weighted by Gasteiger charge is -2.38. The van der Waals surface area contributed by atoms with Crippen LogP contribution in [0.3, 0.4) is 0 Å². The van der Waals surface area contributed by atoms with Crippen molar-refractivity contribution >= 4 is 26.8 Å². The minimum Gasteiger partial charge on any atom is -0.465 e. The Kier molecular flexibility index (Phi) is 5.66. The molecule has 0 aliphatic heterocycles. The Labute approximate surface area is 180 Å². The summed E-state index contributed by atoms with van der Waals surface area (Å²) in [7, 11) is -3.69. The van der Waals surface area contributed by atoms with Crippen molar-refractivity contribution in [3.63, 3.8) is 0 Å². The standard InChI is InChI=1S/C22H25N3O5S/c1-14(25(21(27)28)22(2,3)4)19-23-16-12-9-13-17(31(5,29)30)18(16)20(26)24(19)15-10-7-6-8-11-15/h6-14H,1-5H3,(H,27,28)/t14-/m0/s1. The largest absolute Gasteiger partial charge is 0.465 e. The van der Waals surface area contributed by atoms with Crippen molar-refractivity contribution < 1.29 is 18.3 Å². The first-order chi connectivity index (χ1) is 14.3. The Morgan fingerprint density at radius 1 is 1.10 bits per heavy atom. The number of fused-ring (bicyclic) bond motifs is 1. The molecule has 0 aliphatic carbocycles. The van der Waals surface area contributed by atoms with Crippen LogP contribution in [0.15, 0.2) is 58.2 Å². The summed E-state index contributed by atoms with van der Waals surface area (Å²) in [6.45, 7) is 6.93. The number of carbonyl (C=O) groups is 1. The van der Waals surface area contributed by atoms with Gasteiger partial charge in [-0.15, -0.1) is 0 Å². The van der Waals surface area contributed by atoms with Gasteiger partial charge in [-0.3, -0.25) is 14.3 Å². The van der Waals surface area contributed by atoms with E-state index in [0.717, 1.165) is 6.26 Å². The minimum atomic E-state index is -3.69. The molecule has 0 radical (unpaired) electrons. The van der Waals surface area contributed by atoms with Gasteiger partial charge in [0.1, 0.15) is 5.82 Å². The molecule has 0 unspecified atom stereocenters. The fourth-order valence-corrected chi connectivity index (χ4v) is 4.67. The number of rotatable bonds is 4. The van der Waals surface area contributed by atoms with Crippen molar-refractivity contribution in [2.45, 2.75) is 44.2 Å². The highest BCUT2D eigenvalue weighted by Crippen LogP contribution is 2.29. The van der Waals surface area contributed by atoms with Gasteiger partial charge in [0.25, 0.3) is 5.56 Å². The van der Waals surface area contributed by atoms with Crippen LogP contribution in [0.5, 0.6) is 0 Å². The zero-order valence-electron chi connectivity index (χ0n) is 18.0. The van der Waals surface area contributed by atoms with Gasteiger partial charge in [0.2, 0.25) is 0 Å². The molecule has 0 saturated carbocycles. The molecule has 1 heterocycles. The van der Waals surface area contributed by atoms with E-state index in [1.807, 2.05) is 0 Å². The van der Waals surface area contributed by atoms with Crippen LogP contribution in [0.25, 0.3) is 16.6 Å². The minimum absolute atomic E-state index is 0.0255. The normalized spacial score (nSPS) is 13.2. The van der Waals surface area contributed by atoms with Crippen molar-refractivity contribution in [1.82, 2.24) is 14.5 Å². The van der Waals surface area contributed by atoms with Crippen molar-refractivity contribution in [1.29, 1.82) is 0 Å². The Morgan fingerprint density at radius 3 is 2.23 bits per heavy atom. The second kappa shape index (κ2) is 7.81. The number of hydrogen-bond acceptors (Lipinski definition) is 5. The van der Waals surface area contributed by atoms with Gasteiger partial charge in [-0.05, 0) is 52.0 Å². The molecule has 0 aliphatic rings. The van der Waals surface area contributed by atoms with Crippen molar-refractivity contribution in [3.05, 3.63) is 64.7 Å². The van der Waals surface area contributed by atoms with Crippen molar-refractivity contribution in [3.8, 4) is 5.69 Å². The number of sulfone groups is 1. The average Bonchev–Trinajstić information content (AvgIpc) is 2.65. The predicted octanol–water partition coefficient (Wildman–Crippen LogP) is 3.63. The highest BCUT2D eigenvalue weighted by atomic mass is 32.2. The second-order valence-electron chi connectivity index (χ2n) is 8.37. The van der Waals surface area contributed by atoms with E-state index < -0.39 is 33.1 Å². The van der Waals surface area contributed by atoms with Crippen LogP contribution in [0, 0.1) is 0 Å². The fraction of sp³-hybridized carbons (Fsp3) is 0.318. The SMILES string of the molecule is C[C@@H](c1nc2cccc(S(C)(=O)=O)c2c(=O)n1-c1ccccc1)N(C(=O)O)C(C)(C)C. The number of aromatic nitrogens is 2. The number of nitrogens with zero attached hydrogens (tertiary/aromatic N) is 3. The molecule has 8 nitrogen and oxygen atoms in total. The maximum atomic E-state index is 13.7. The molecule has 1 amide bonds. The summed E-state index contributed by atoms with van der Waals surface area (Å²) in [5, 5.41) is 9.84. The van der Waals surface area contributed by atoms with E-state index >= 15 is 0 Å². The van der Waals surface area contributed by atoms with Gasteiger partial charge in [-0.2, -0.15) is 0 Å². The Balaban J connectivity index is 2.47. The van der Waals surface area contributed by atoms with Crippen LogP contribution in [0.4, 0.5) is 4.79 Å². The van der Waals surface area contributed by atoms with Crippen LogP contribution in [-0.2, 0) is 9.84 Å². The molecular formula is C22H25N3O5S. The Bertz CT molecular complexity index is 1310. The van der Waals surface area contributed by atoms with Crippen LogP contribution in [0.1, 0.15) is 39.6 Å². The summed E-state index contributed by atoms with van der Waals surface area (Å²) in [6.07, 6.45) is -0.116. The van der Waals surface area contributed by atoms with E-state index in [4.69, 9.17) is 0 Å². The van der Waals surface area contributed by atoms with E-state index in [1.165, 1.54) is 21.6 Å². The lowest BCUT2D eigenvalue weighted by atomic mass is 10.0. The zero-order valence-corrected chi connectivity index (χ0v) is 18.8. The number of para-hydroxylation sites is 1. The number of carboxylic acid groups (broad SMARTS) is 1. The van der Waals surface area contributed by atoms with Gasteiger partial charge in [-0.1, -0.05) is 24.3 Å². The smallest absolute Gasteiger partial charge is 0.408 e. The van der Waals surface area contributed by atoms with Gasteiger partial charge < -0.3 is 5.11 Å². The van der Waals surface area contributed by atoms with Crippen LogP contribution in [-0.4, -0.2) is 45.9 Å². The summed E-state index contributed by atoms with van der Waals surface area (Å²) < 4.78 is 26.0. The van der Waals surface area contributed by atoms with Crippen LogP contribution < -0.4 is 5.56 Å². The third-order valence-corrected chi connectivity index (χ3v) is 6.13. The molecule has 1 aromatic heterocycles. The number of hydrogen-bond donors (Lipinski definition) is 1. The summed E-state index contributed by atoms with van der Waals surface area (Å²) in [5.41, 5.74) is -0.681. The topological polar surface area (TPSA) is 110 Å². The lowest BCUT2D eigenvalue weighted by molar-refractivity contribution is 0.0719. The maximum Gasteiger partial charge on any atom is 0.408 e. The van der Waals surface area contributed by atoms with Gasteiger partial charge in [-0.25, -0.2) is 18.2 Å². The lowest BCUT2D eigenvalue weighted by Crippen LogP contribution is -2.47. The second-order valence-corrected chi connectivity index (χ2v) is 10.4.